The second-order valence-corrected chi connectivity index (χ2v) is 8.18. The summed E-state index contributed by atoms with van der Waals surface area (Å²) < 4.78 is 7.46. The van der Waals surface area contributed by atoms with Crippen LogP contribution < -0.4 is 10.1 Å². The monoisotopic (exact) mass is 440 g/mol. The fraction of sp³-hybridized carbons (Fsp3) is 0.273. The number of aromatic nitrogens is 3. The Morgan fingerprint density at radius 2 is 1.94 bits per heavy atom. The summed E-state index contributed by atoms with van der Waals surface area (Å²) in [5.41, 5.74) is 1.38. The van der Waals surface area contributed by atoms with Crippen molar-refractivity contribution < 1.29 is 19.4 Å². The molecule has 0 bridgehead atoms. The number of benzene rings is 2. The van der Waals surface area contributed by atoms with E-state index in [0.29, 0.717) is 34.9 Å². The number of ether oxygens (including phenoxy) is 1. The Morgan fingerprint density at radius 3 is 2.65 bits per heavy atom. The normalized spacial score (nSPS) is 10.8. The number of carbonyl (C=O) groups is 2. The second-order valence-electron chi connectivity index (χ2n) is 7.23. The molecule has 3 aromatic rings. The molecule has 8 nitrogen and oxygen atoms in total. The number of rotatable bonds is 9. The number of nitrogens with zero attached hydrogens (tertiary/aromatic N) is 3. The molecule has 0 radical (unpaired) electrons. The first-order valence-corrected chi connectivity index (χ1v) is 10.7. The highest BCUT2D eigenvalue weighted by Crippen LogP contribution is 2.31. The van der Waals surface area contributed by atoms with Gasteiger partial charge in [-0.1, -0.05) is 43.8 Å². The second kappa shape index (κ2) is 10.1. The zero-order valence-electron chi connectivity index (χ0n) is 17.5. The van der Waals surface area contributed by atoms with E-state index in [0.717, 1.165) is 5.56 Å². The van der Waals surface area contributed by atoms with Gasteiger partial charge >= 0.3 is 5.97 Å². The van der Waals surface area contributed by atoms with Gasteiger partial charge in [0.1, 0.15) is 5.75 Å². The van der Waals surface area contributed by atoms with Crippen LogP contribution in [-0.2, 0) is 11.3 Å². The smallest absolute Gasteiger partial charge is 0.335 e. The van der Waals surface area contributed by atoms with E-state index in [1.807, 2.05) is 28.8 Å². The van der Waals surface area contributed by atoms with Crippen LogP contribution in [0.15, 0.2) is 53.7 Å². The molecule has 0 unspecified atom stereocenters. The largest absolute Gasteiger partial charge is 0.496 e. The molecule has 1 aromatic heterocycles. The van der Waals surface area contributed by atoms with Crippen LogP contribution in [0.4, 0.5) is 5.69 Å². The first kappa shape index (κ1) is 22.4. The fourth-order valence-electron chi connectivity index (χ4n) is 3.01. The van der Waals surface area contributed by atoms with E-state index in [4.69, 9.17) is 9.84 Å². The summed E-state index contributed by atoms with van der Waals surface area (Å²) in [4.78, 5) is 23.5. The van der Waals surface area contributed by atoms with Crippen molar-refractivity contribution in [2.24, 2.45) is 5.92 Å². The molecule has 0 aliphatic rings. The number of carboxylic acids is 1. The first-order chi connectivity index (χ1) is 14.9. The Kier molecular flexibility index (Phi) is 7.30. The average Bonchev–Trinajstić information content (AvgIpc) is 3.14. The number of carboxylic acid groups (broad SMARTS) is 1. The molecule has 162 valence electrons. The van der Waals surface area contributed by atoms with Crippen LogP contribution in [-0.4, -0.2) is 44.6 Å². The van der Waals surface area contributed by atoms with Gasteiger partial charge in [0.15, 0.2) is 11.0 Å². The quantitative estimate of drug-likeness (QED) is 0.484. The zero-order chi connectivity index (χ0) is 22.4. The number of hydrogen-bond acceptors (Lipinski definition) is 6. The predicted molar refractivity (Wildman–Crippen MR) is 120 cm³/mol. The van der Waals surface area contributed by atoms with Crippen molar-refractivity contribution in [1.29, 1.82) is 0 Å². The minimum Gasteiger partial charge on any atom is -0.496 e. The number of carbonyl (C=O) groups excluding carboxylic acids is 1. The number of nitrogens with one attached hydrogen (secondary N) is 1. The van der Waals surface area contributed by atoms with E-state index < -0.39 is 5.97 Å². The molecular formula is C22H24N4O4S. The van der Waals surface area contributed by atoms with Gasteiger partial charge in [-0.2, -0.15) is 0 Å². The van der Waals surface area contributed by atoms with Gasteiger partial charge in [-0.05, 0) is 36.2 Å². The number of hydrogen-bond donors (Lipinski definition) is 2. The van der Waals surface area contributed by atoms with Crippen LogP contribution in [0.3, 0.4) is 0 Å². The number of aromatic carboxylic acids is 1. The van der Waals surface area contributed by atoms with Crippen molar-refractivity contribution in [1.82, 2.24) is 14.8 Å². The van der Waals surface area contributed by atoms with Crippen LogP contribution in [0.25, 0.3) is 11.4 Å². The summed E-state index contributed by atoms with van der Waals surface area (Å²) in [6, 6.07) is 13.7. The number of thioether (sulfide) groups is 1. The molecule has 0 spiro atoms. The number of anilines is 1. The third-order valence-electron chi connectivity index (χ3n) is 4.34. The van der Waals surface area contributed by atoms with E-state index in [-0.39, 0.29) is 17.2 Å². The zero-order valence-corrected chi connectivity index (χ0v) is 18.3. The van der Waals surface area contributed by atoms with Crippen LogP contribution in [0.2, 0.25) is 0 Å². The van der Waals surface area contributed by atoms with Crippen molar-refractivity contribution in [3.05, 3.63) is 54.1 Å². The van der Waals surface area contributed by atoms with Gasteiger partial charge in [-0.3, -0.25) is 4.79 Å². The fourth-order valence-corrected chi connectivity index (χ4v) is 3.76. The van der Waals surface area contributed by atoms with E-state index in [2.05, 4.69) is 29.4 Å². The highest BCUT2D eigenvalue weighted by atomic mass is 32.2. The molecule has 9 heteroatoms. The third kappa shape index (κ3) is 5.64. The van der Waals surface area contributed by atoms with E-state index >= 15 is 0 Å². The van der Waals surface area contributed by atoms with E-state index in [9.17, 15) is 9.59 Å². The summed E-state index contributed by atoms with van der Waals surface area (Å²) in [5.74, 6) is 0.535. The lowest BCUT2D eigenvalue weighted by Gasteiger charge is -2.14. The third-order valence-corrected chi connectivity index (χ3v) is 5.30. The Bertz CT molecular complexity index is 1080. The summed E-state index contributed by atoms with van der Waals surface area (Å²) >= 11 is 1.28. The predicted octanol–water partition coefficient (Wildman–Crippen LogP) is 4.04. The van der Waals surface area contributed by atoms with Gasteiger partial charge in [-0.25, -0.2) is 4.79 Å². The highest BCUT2D eigenvalue weighted by Gasteiger charge is 2.19. The van der Waals surface area contributed by atoms with Crippen molar-refractivity contribution >= 4 is 29.3 Å². The van der Waals surface area contributed by atoms with Gasteiger partial charge in [0, 0.05) is 12.2 Å². The summed E-state index contributed by atoms with van der Waals surface area (Å²) in [6.45, 7) is 4.89. The van der Waals surface area contributed by atoms with Gasteiger partial charge in [0.25, 0.3) is 0 Å². The minimum atomic E-state index is -1.05. The molecule has 0 saturated carbocycles. The average molecular weight is 441 g/mol. The van der Waals surface area contributed by atoms with Gasteiger partial charge in [0.2, 0.25) is 5.91 Å². The van der Waals surface area contributed by atoms with Crippen LogP contribution in [0.5, 0.6) is 5.75 Å². The maximum Gasteiger partial charge on any atom is 0.335 e. The molecule has 1 heterocycles. The number of methoxy groups -OCH3 is 1. The molecular weight excluding hydrogens is 416 g/mol. The lowest BCUT2D eigenvalue weighted by molar-refractivity contribution is -0.113. The Balaban J connectivity index is 1.77. The molecule has 3 rings (SSSR count). The Hall–Kier alpha value is -3.33. The SMILES string of the molecule is COc1ccccc1-c1nnc(SCC(=O)Nc2cccc(C(=O)O)c2)n1CC(C)C. The summed E-state index contributed by atoms with van der Waals surface area (Å²) in [7, 11) is 1.61. The molecule has 1 amide bonds. The maximum atomic E-state index is 12.4. The summed E-state index contributed by atoms with van der Waals surface area (Å²) in [5, 5.41) is 21.1. The topological polar surface area (TPSA) is 106 Å². The van der Waals surface area contributed by atoms with Gasteiger partial charge in [0.05, 0.1) is 24.0 Å². The molecule has 2 N–H and O–H groups in total. The van der Waals surface area contributed by atoms with Crippen LogP contribution in [0.1, 0.15) is 24.2 Å². The highest BCUT2D eigenvalue weighted by molar-refractivity contribution is 7.99. The molecule has 0 aliphatic heterocycles. The van der Waals surface area contributed by atoms with Gasteiger partial charge in [-0.15, -0.1) is 10.2 Å². The standard InChI is InChI=1S/C22H24N4O4S/c1-14(2)12-26-20(17-9-4-5-10-18(17)30-3)24-25-22(26)31-13-19(27)23-16-8-6-7-15(11-16)21(28)29/h4-11,14H,12-13H2,1-3H3,(H,23,27)(H,28,29). The van der Waals surface area contributed by atoms with Crippen molar-refractivity contribution in [3.63, 3.8) is 0 Å². The van der Waals surface area contributed by atoms with Crippen molar-refractivity contribution in [2.45, 2.75) is 25.5 Å². The molecule has 0 saturated heterocycles. The molecule has 31 heavy (non-hydrogen) atoms. The van der Waals surface area contributed by atoms with Gasteiger partial charge < -0.3 is 19.7 Å². The minimum absolute atomic E-state index is 0.111. The van der Waals surface area contributed by atoms with Crippen molar-refractivity contribution in [2.75, 3.05) is 18.2 Å². The lowest BCUT2D eigenvalue weighted by Crippen LogP contribution is -2.15. The first-order valence-electron chi connectivity index (χ1n) is 9.71. The molecule has 2 aromatic carbocycles. The summed E-state index contributed by atoms with van der Waals surface area (Å²) in [6.07, 6.45) is 0. The maximum absolute atomic E-state index is 12.4. The molecule has 0 aliphatic carbocycles. The van der Waals surface area contributed by atoms with E-state index in [1.54, 1.807) is 19.2 Å². The number of para-hydroxylation sites is 1. The van der Waals surface area contributed by atoms with E-state index in [1.165, 1.54) is 23.9 Å². The lowest BCUT2D eigenvalue weighted by atomic mass is 10.1. The van der Waals surface area contributed by atoms with Crippen LogP contribution in [0, 0.1) is 5.92 Å². The van der Waals surface area contributed by atoms with Crippen molar-refractivity contribution in [3.8, 4) is 17.1 Å². The Labute approximate surface area is 184 Å². The molecule has 0 fully saturated rings. The number of amides is 1. The Morgan fingerprint density at radius 1 is 1.16 bits per heavy atom. The molecule has 0 atom stereocenters. The van der Waals surface area contributed by atoms with Crippen LogP contribution >= 0.6 is 11.8 Å².